The van der Waals surface area contributed by atoms with E-state index in [1.54, 1.807) is 18.4 Å². The average Bonchev–Trinajstić information content (AvgIpc) is 3.01. The van der Waals surface area contributed by atoms with Crippen molar-refractivity contribution in [1.29, 1.82) is 0 Å². The SMILES string of the molecule is COc1ccsc1C(Br)c1ccc2c(c1)CC(=O)N2. The highest BCUT2D eigenvalue weighted by Crippen LogP contribution is 2.41. The zero-order valence-electron chi connectivity index (χ0n) is 10.3. The lowest BCUT2D eigenvalue weighted by atomic mass is 10.1. The maximum absolute atomic E-state index is 11.4. The molecule has 0 aliphatic carbocycles. The van der Waals surface area contributed by atoms with Gasteiger partial charge in [-0.2, -0.15) is 0 Å². The van der Waals surface area contributed by atoms with Crippen LogP contribution < -0.4 is 10.1 Å². The monoisotopic (exact) mass is 337 g/mol. The van der Waals surface area contributed by atoms with Crippen LogP contribution >= 0.6 is 27.3 Å². The second-order valence-electron chi connectivity index (χ2n) is 4.36. The maximum Gasteiger partial charge on any atom is 0.228 e. The summed E-state index contributed by atoms with van der Waals surface area (Å²) in [4.78, 5) is 12.6. The number of hydrogen-bond acceptors (Lipinski definition) is 3. The number of carbonyl (C=O) groups is 1. The average molecular weight is 338 g/mol. The number of alkyl halides is 1. The topological polar surface area (TPSA) is 38.3 Å². The fraction of sp³-hybridized carbons (Fsp3) is 0.214. The van der Waals surface area contributed by atoms with Crippen molar-refractivity contribution in [2.75, 3.05) is 12.4 Å². The van der Waals surface area contributed by atoms with E-state index < -0.39 is 0 Å². The highest BCUT2D eigenvalue weighted by molar-refractivity contribution is 9.09. The zero-order chi connectivity index (χ0) is 13.4. The van der Waals surface area contributed by atoms with E-state index in [0.717, 1.165) is 27.4 Å². The van der Waals surface area contributed by atoms with E-state index in [1.807, 2.05) is 23.6 Å². The summed E-state index contributed by atoms with van der Waals surface area (Å²) in [7, 11) is 1.68. The van der Waals surface area contributed by atoms with Gasteiger partial charge in [0.05, 0.1) is 23.2 Å². The minimum atomic E-state index is 0.0620. The second-order valence-corrected chi connectivity index (χ2v) is 6.22. The number of benzene rings is 1. The second kappa shape index (κ2) is 4.98. The van der Waals surface area contributed by atoms with Crippen LogP contribution in [0.5, 0.6) is 5.75 Å². The molecule has 1 unspecified atom stereocenters. The molecule has 5 heteroatoms. The molecule has 0 spiro atoms. The molecule has 2 aromatic rings. The molecule has 1 amide bonds. The number of thiophene rings is 1. The Balaban J connectivity index is 1.95. The Hall–Kier alpha value is -1.33. The van der Waals surface area contributed by atoms with E-state index in [9.17, 15) is 4.79 Å². The van der Waals surface area contributed by atoms with Gasteiger partial charge in [-0.15, -0.1) is 11.3 Å². The lowest BCUT2D eigenvalue weighted by Gasteiger charge is -2.12. The van der Waals surface area contributed by atoms with Crippen molar-refractivity contribution in [2.24, 2.45) is 0 Å². The Morgan fingerprint density at radius 2 is 2.26 bits per heavy atom. The lowest BCUT2D eigenvalue weighted by Crippen LogP contribution is -2.03. The van der Waals surface area contributed by atoms with Crippen LogP contribution in [-0.2, 0) is 11.2 Å². The fourth-order valence-corrected chi connectivity index (χ4v) is 3.92. The number of nitrogens with one attached hydrogen (secondary N) is 1. The minimum absolute atomic E-state index is 0.0620. The molecule has 3 nitrogen and oxygen atoms in total. The molecule has 0 fully saturated rings. The molecule has 0 bridgehead atoms. The van der Waals surface area contributed by atoms with E-state index in [2.05, 4.69) is 27.3 Å². The van der Waals surface area contributed by atoms with Crippen LogP contribution in [0.4, 0.5) is 5.69 Å². The zero-order valence-corrected chi connectivity index (χ0v) is 12.7. The van der Waals surface area contributed by atoms with Crippen LogP contribution in [-0.4, -0.2) is 13.0 Å². The van der Waals surface area contributed by atoms with Crippen LogP contribution in [0.3, 0.4) is 0 Å². The Kier molecular flexibility index (Phi) is 3.33. The summed E-state index contributed by atoms with van der Waals surface area (Å²) in [5.74, 6) is 0.952. The van der Waals surface area contributed by atoms with Crippen LogP contribution in [0.2, 0.25) is 0 Å². The number of carbonyl (C=O) groups excluding carboxylic acids is 1. The molecule has 1 aliphatic rings. The third-order valence-corrected chi connectivity index (χ3v) is 5.41. The smallest absolute Gasteiger partial charge is 0.228 e. The van der Waals surface area contributed by atoms with E-state index in [1.165, 1.54) is 0 Å². The van der Waals surface area contributed by atoms with Crippen molar-refractivity contribution in [3.05, 3.63) is 45.6 Å². The molecule has 19 heavy (non-hydrogen) atoms. The highest BCUT2D eigenvalue weighted by Gasteiger charge is 2.21. The Morgan fingerprint density at radius 3 is 3.05 bits per heavy atom. The third kappa shape index (κ3) is 2.28. The van der Waals surface area contributed by atoms with Crippen molar-refractivity contribution in [3.63, 3.8) is 0 Å². The van der Waals surface area contributed by atoms with E-state index in [0.29, 0.717) is 6.42 Å². The number of halogens is 1. The minimum Gasteiger partial charge on any atom is -0.496 e. The Labute approximate surface area is 123 Å². The first-order valence-corrected chi connectivity index (χ1v) is 7.66. The molecule has 1 aliphatic heterocycles. The van der Waals surface area contributed by atoms with Gasteiger partial charge >= 0.3 is 0 Å². The van der Waals surface area contributed by atoms with Gasteiger partial charge in [-0.3, -0.25) is 4.79 Å². The number of rotatable bonds is 3. The summed E-state index contributed by atoms with van der Waals surface area (Å²) in [6, 6.07) is 8.03. The first kappa shape index (κ1) is 12.7. The number of methoxy groups -OCH3 is 1. The molecule has 2 heterocycles. The first-order valence-electron chi connectivity index (χ1n) is 5.87. The molecule has 0 radical (unpaired) electrons. The van der Waals surface area contributed by atoms with E-state index in [4.69, 9.17) is 4.74 Å². The molecule has 1 aromatic heterocycles. The summed E-state index contributed by atoms with van der Waals surface area (Å²) in [6.07, 6.45) is 0.463. The van der Waals surface area contributed by atoms with Gasteiger partial charge in [-0.1, -0.05) is 28.1 Å². The van der Waals surface area contributed by atoms with Gasteiger partial charge in [-0.05, 0) is 28.6 Å². The normalized spacial score (nSPS) is 14.9. The summed E-state index contributed by atoms with van der Waals surface area (Å²) in [6.45, 7) is 0. The molecule has 1 aromatic carbocycles. The number of fused-ring (bicyclic) bond motifs is 1. The standard InChI is InChI=1S/C14H12BrNO2S/c1-18-11-4-5-19-14(11)13(15)8-2-3-10-9(6-8)7-12(17)16-10/h2-6,13H,7H2,1H3,(H,16,17). The van der Waals surface area contributed by atoms with Gasteiger partial charge in [0.1, 0.15) is 5.75 Å². The molecule has 1 atom stereocenters. The van der Waals surface area contributed by atoms with Crippen LogP contribution in [0.1, 0.15) is 20.8 Å². The van der Waals surface area contributed by atoms with Gasteiger partial charge in [-0.25, -0.2) is 0 Å². The predicted octanol–water partition coefficient (Wildman–Crippen LogP) is 3.74. The van der Waals surface area contributed by atoms with Crippen molar-refractivity contribution in [1.82, 2.24) is 0 Å². The van der Waals surface area contributed by atoms with Gasteiger partial charge in [0.15, 0.2) is 0 Å². The summed E-state index contributed by atoms with van der Waals surface area (Å²) in [5, 5.41) is 4.86. The Bertz CT molecular complexity index is 638. The molecule has 3 rings (SSSR count). The first-order chi connectivity index (χ1) is 9.19. The van der Waals surface area contributed by atoms with Gasteiger partial charge < -0.3 is 10.1 Å². The highest BCUT2D eigenvalue weighted by atomic mass is 79.9. The van der Waals surface area contributed by atoms with Crippen LogP contribution in [0.25, 0.3) is 0 Å². The summed E-state index contributed by atoms with van der Waals surface area (Å²) < 4.78 is 5.35. The number of anilines is 1. The number of hydrogen-bond donors (Lipinski definition) is 1. The maximum atomic E-state index is 11.4. The van der Waals surface area contributed by atoms with Crippen molar-refractivity contribution >= 4 is 38.9 Å². The fourth-order valence-electron chi connectivity index (χ4n) is 2.22. The third-order valence-electron chi connectivity index (χ3n) is 3.15. The molecule has 0 saturated carbocycles. The van der Waals surface area contributed by atoms with Gasteiger partial charge in [0.2, 0.25) is 5.91 Å². The lowest BCUT2D eigenvalue weighted by molar-refractivity contribution is -0.115. The van der Waals surface area contributed by atoms with E-state index in [-0.39, 0.29) is 10.7 Å². The van der Waals surface area contributed by atoms with Gasteiger partial charge in [0.25, 0.3) is 0 Å². The van der Waals surface area contributed by atoms with Crippen molar-refractivity contribution in [3.8, 4) is 5.75 Å². The predicted molar refractivity (Wildman–Crippen MR) is 80.4 cm³/mol. The van der Waals surface area contributed by atoms with Crippen molar-refractivity contribution in [2.45, 2.75) is 11.2 Å². The van der Waals surface area contributed by atoms with Crippen LogP contribution in [0.15, 0.2) is 29.6 Å². The molecule has 0 saturated heterocycles. The summed E-state index contributed by atoms with van der Waals surface area (Å²) in [5.41, 5.74) is 3.12. The largest absolute Gasteiger partial charge is 0.496 e. The molecular weight excluding hydrogens is 326 g/mol. The van der Waals surface area contributed by atoms with Gasteiger partial charge in [0, 0.05) is 5.69 Å². The molecular formula is C14H12BrNO2S. The summed E-state index contributed by atoms with van der Waals surface area (Å²) >= 11 is 5.37. The Morgan fingerprint density at radius 1 is 1.42 bits per heavy atom. The number of ether oxygens (including phenoxy) is 1. The van der Waals surface area contributed by atoms with Crippen LogP contribution in [0, 0.1) is 0 Å². The molecule has 1 N–H and O–H groups in total. The molecule has 98 valence electrons. The number of amides is 1. The quantitative estimate of drug-likeness (QED) is 0.866. The van der Waals surface area contributed by atoms with E-state index >= 15 is 0 Å². The van der Waals surface area contributed by atoms with Crippen molar-refractivity contribution < 1.29 is 9.53 Å².